The Morgan fingerprint density at radius 1 is 0.397 bits per heavy atom. The van der Waals surface area contributed by atoms with Gasteiger partial charge in [0.15, 0.2) is 0 Å². The first-order valence-electron chi connectivity index (χ1n) is 27.3. The van der Waals surface area contributed by atoms with Crippen molar-refractivity contribution in [3.05, 3.63) is 85.1 Å². The molecule has 0 aliphatic rings. The minimum Gasteiger partial charge on any atom is -0.394 e. The summed E-state index contributed by atoms with van der Waals surface area (Å²) in [6.07, 6.45) is 78.4. The van der Waals surface area contributed by atoms with Crippen molar-refractivity contribution in [3.63, 3.8) is 0 Å². The van der Waals surface area contributed by atoms with Gasteiger partial charge in [-0.25, -0.2) is 0 Å². The van der Waals surface area contributed by atoms with Crippen molar-refractivity contribution in [2.24, 2.45) is 0 Å². The summed E-state index contributed by atoms with van der Waals surface area (Å²) in [5.41, 5.74) is 0. The van der Waals surface area contributed by atoms with Crippen LogP contribution in [0.1, 0.15) is 264 Å². The van der Waals surface area contributed by atoms with Gasteiger partial charge in [0.1, 0.15) is 0 Å². The molecule has 2 atom stereocenters. The van der Waals surface area contributed by atoms with Crippen LogP contribution in [0.3, 0.4) is 0 Å². The maximum atomic E-state index is 12.5. The predicted molar refractivity (Wildman–Crippen MR) is 280 cm³/mol. The van der Waals surface area contributed by atoms with E-state index in [4.69, 9.17) is 0 Å². The molecule has 1 amide bonds. The van der Waals surface area contributed by atoms with E-state index in [9.17, 15) is 15.0 Å². The molecular formula is C59H105NO3. The van der Waals surface area contributed by atoms with Crippen molar-refractivity contribution in [2.75, 3.05) is 6.61 Å². The number of hydrogen-bond acceptors (Lipinski definition) is 3. The standard InChI is InChI=1S/C59H105NO3/c1-3-5-7-9-11-13-15-17-19-21-22-23-24-25-26-27-28-29-30-31-32-33-34-35-36-37-38-39-41-43-45-47-49-51-53-55-59(63)60-57(56-61)58(62)54-52-50-48-46-44-42-40-20-18-16-14-12-10-8-6-4-2/h5,7,11,13,17,19,22-23,25-26,28-29,31-32,57-58,61-62H,3-4,6,8-10,12,14-16,18,20-21,24,27,30,33-56H2,1-2H3,(H,60,63)/b7-5-,13-11-,19-17-,23-22-,26-25-,29-28-,32-31-. The van der Waals surface area contributed by atoms with Crippen LogP contribution in [-0.4, -0.2) is 34.9 Å². The van der Waals surface area contributed by atoms with Gasteiger partial charge in [0.25, 0.3) is 0 Å². The lowest BCUT2D eigenvalue weighted by atomic mass is 10.0. The van der Waals surface area contributed by atoms with E-state index in [1.54, 1.807) is 0 Å². The average molecular weight is 876 g/mol. The second-order valence-corrected chi connectivity index (χ2v) is 18.3. The molecule has 0 aliphatic carbocycles. The fourth-order valence-corrected chi connectivity index (χ4v) is 8.05. The number of aliphatic hydroxyl groups is 2. The molecule has 2 unspecified atom stereocenters. The van der Waals surface area contributed by atoms with E-state index in [0.29, 0.717) is 12.8 Å². The van der Waals surface area contributed by atoms with Crippen LogP contribution in [0.5, 0.6) is 0 Å². The van der Waals surface area contributed by atoms with Crippen molar-refractivity contribution in [1.82, 2.24) is 5.32 Å². The number of rotatable bonds is 49. The van der Waals surface area contributed by atoms with Gasteiger partial charge in [0.2, 0.25) is 5.91 Å². The molecule has 0 fully saturated rings. The molecule has 0 bridgehead atoms. The van der Waals surface area contributed by atoms with E-state index < -0.39 is 12.1 Å². The lowest BCUT2D eigenvalue weighted by molar-refractivity contribution is -0.123. The summed E-state index contributed by atoms with van der Waals surface area (Å²) in [4.78, 5) is 12.5. The summed E-state index contributed by atoms with van der Waals surface area (Å²) in [5, 5.41) is 23.3. The lowest BCUT2D eigenvalue weighted by Gasteiger charge is -2.22. The van der Waals surface area contributed by atoms with E-state index in [0.717, 1.165) is 70.6 Å². The lowest BCUT2D eigenvalue weighted by Crippen LogP contribution is -2.45. The zero-order valence-corrected chi connectivity index (χ0v) is 41.8. The molecule has 0 rings (SSSR count). The molecule has 0 aliphatic heterocycles. The zero-order valence-electron chi connectivity index (χ0n) is 41.8. The molecule has 0 heterocycles. The Bertz CT molecular complexity index is 1130. The molecule has 0 spiro atoms. The molecule has 0 saturated carbocycles. The van der Waals surface area contributed by atoms with Crippen molar-refractivity contribution in [1.29, 1.82) is 0 Å². The Hall–Kier alpha value is -2.43. The molecule has 0 aromatic carbocycles. The van der Waals surface area contributed by atoms with Crippen LogP contribution in [0.25, 0.3) is 0 Å². The molecule has 63 heavy (non-hydrogen) atoms. The quantitative estimate of drug-likeness (QED) is 0.0421. The van der Waals surface area contributed by atoms with Crippen LogP contribution in [0.2, 0.25) is 0 Å². The highest BCUT2D eigenvalue weighted by atomic mass is 16.3. The van der Waals surface area contributed by atoms with Crippen LogP contribution in [0, 0.1) is 0 Å². The van der Waals surface area contributed by atoms with E-state index in [2.05, 4.69) is 104 Å². The number of hydrogen-bond donors (Lipinski definition) is 3. The number of nitrogens with one attached hydrogen (secondary N) is 1. The van der Waals surface area contributed by atoms with Gasteiger partial charge in [-0.05, 0) is 70.6 Å². The van der Waals surface area contributed by atoms with Crippen LogP contribution in [0.15, 0.2) is 85.1 Å². The molecule has 0 saturated heterocycles. The van der Waals surface area contributed by atoms with Gasteiger partial charge in [0, 0.05) is 6.42 Å². The van der Waals surface area contributed by atoms with Crippen molar-refractivity contribution in [2.45, 2.75) is 276 Å². The van der Waals surface area contributed by atoms with E-state index in [1.807, 2.05) is 0 Å². The maximum Gasteiger partial charge on any atom is 0.220 e. The normalized spacial score (nSPS) is 13.5. The highest BCUT2D eigenvalue weighted by Crippen LogP contribution is 2.16. The Morgan fingerprint density at radius 3 is 1.05 bits per heavy atom. The van der Waals surface area contributed by atoms with Gasteiger partial charge in [-0.2, -0.15) is 0 Å². The summed E-state index contributed by atoms with van der Waals surface area (Å²) < 4.78 is 0. The third-order valence-electron chi connectivity index (χ3n) is 12.2. The summed E-state index contributed by atoms with van der Waals surface area (Å²) in [6.45, 7) is 4.25. The Morgan fingerprint density at radius 2 is 0.698 bits per heavy atom. The molecule has 0 aromatic heterocycles. The SMILES string of the molecule is CC/C=C\C/C=C\C/C=C\C/C=C\C/C=C\C/C=C\C/C=C\CCCCCCCCCCCCCCCC(=O)NC(CO)C(O)CCCCCCCCCCCCCCCCCC. The van der Waals surface area contributed by atoms with Crippen molar-refractivity contribution in [3.8, 4) is 0 Å². The Labute approximate surface area is 392 Å². The second kappa shape index (κ2) is 53.9. The summed E-state index contributed by atoms with van der Waals surface area (Å²) in [5.74, 6) is -0.0339. The third-order valence-corrected chi connectivity index (χ3v) is 12.2. The second-order valence-electron chi connectivity index (χ2n) is 18.3. The Balaban J connectivity index is 3.51. The van der Waals surface area contributed by atoms with Crippen molar-refractivity contribution >= 4 is 5.91 Å². The minimum absolute atomic E-state index is 0.0339. The van der Waals surface area contributed by atoms with Gasteiger partial charge in [0.05, 0.1) is 18.8 Å². The van der Waals surface area contributed by atoms with Crippen LogP contribution < -0.4 is 5.32 Å². The summed E-state index contributed by atoms with van der Waals surface area (Å²) in [6, 6.07) is -0.541. The highest BCUT2D eigenvalue weighted by molar-refractivity contribution is 5.76. The maximum absolute atomic E-state index is 12.5. The van der Waals surface area contributed by atoms with Gasteiger partial charge in [-0.15, -0.1) is 0 Å². The largest absolute Gasteiger partial charge is 0.394 e. The molecule has 0 radical (unpaired) electrons. The van der Waals surface area contributed by atoms with Crippen LogP contribution >= 0.6 is 0 Å². The van der Waals surface area contributed by atoms with Crippen LogP contribution in [0.4, 0.5) is 0 Å². The van der Waals surface area contributed by atoms with Gasteiger partial charge in [-0.3, -0.25) is 4.79 Å². The number of carbonyl (C=O) groups is 1. The van der Waals surface area contributed by atoms with Gasteiger partial charge >= 0.3 is 0 Å². The van der Waals surface area contributed by atoms with Crippen molar-refractivity contribution < 1.29 is 15.0 Å². The van der Waals surface area contributed by atoms with Crippen LogP contribution in [-0.2, 0) is 4.79 Å². The van der Waals surface area contributed by atoms with E-state index >= 15 is 0 Å². The molecule has 364 valence electrons. The van der Waals surface area contributed by atoms with Gasteiger partial charge in [-0.1, -0.05) is 272 Å². The summed E-state index contributed by atoms with van der Waals surface area (Å²) in [7, 11) is 0. The number of unbranched alkanes of at least 4 members (excludes halogenated alkanes) is 28. The Kier molecular flexibility index (Phi) is 51.8. The fraction of sp³-hybridized carbons (Fsp3) is 0.746. The third kappa shape index (κ3) is 50.4. The molecule has 0 aromatic rings. The number of allylic oxidation sites excluding steroid dienone is 14. The monoisotopic (exact) mass is 876 g/mol. The first-order chi connectivity index (χ1) is 31.2. The van der Waals surface area contributed by atoms with Gasteiger partial charge < -0.3 is 15.5 Å². The highest BCUT2D eigenvalue weighted by Gasteiger charge is 2.20. The molecule has 3 N–H and O–H groups in total. The minimum atomic E-state index is -0.663. The smallest absolute Gasteiger partial charge is 0.220 e. The zero-order chi connectivity index (χ0) is 45.6. The number of amides is 1. The summed E-state index contributed by atoms with van der Waals surface area (Å²) >= 11 is 0. The topological polar surface area (TPSA) is 69.6 Å². The average Bonchev–Trinajstić information content (AvgIpc) is 3.29. The first-order valence-corrected chi connectivity index (χ1v) is 27.3. The molecular weight excluding hydrogens is 771 g/mol. The predicted octanol–water partition coefficient (Wildman–Crippen LogP) is 18.0. The number of aliphatic hydroxyl groups excluding tert-OH is 2. The van der Waals surface area contributed by atoms with E-state index in [1.165, 1.54) is 167 Å². The molecule has 4 nitrogen and oxygen atoms in total. The van der Waals surface area contributed by atoms with E-state index in [-0.39, 0.29) is 12.5 Å². The first kappa shape index (κ1) is 60.6. The number of carbonyl (C=O) groups excluding carboxylic acids is 1. The molecule has 4 heteroatoms. The fourth-order valence-electron chi connectivity index (χ4n) is 8.05.